The molecule has 0 fully saturated rings. The molecule has 2 amide bonds. The lowest BCUT2D eigenvalue weighted by Crippen LogP contribution is -2.32. The van der Waals surface area contributed by atoms with Gasteiger partial charge in [-0.15, -0.1) is 0 Å². The van der Waals surface area contributed by atoms with Gasteiger partial charge in [-0.2, -0.15) is 5.10 Å². The number of carbonyl (C=O) groups is 2. The summed E-state index contributed by atoms with van der Waals surface area (Å²) in [5.41, 5.74) is 4.17. The van der Waals surface area contributed by atoms with Crippen LogP contribution < -0.4 is 10.7 Å². The average Bonchev–Trinajstić information content (AvgIpc) is 2.81. The third kappa shape index (κ3) is 6.78. The highest BCUT2D eigenvalue weighted by molar-refractivity contribution is 9.10. The van der Waals surface area contributed by atoms with Crippen LogP contribution in [-0.2, 0) is 4.79 Å². The van der Waals surface area contributed by atoms with E-state index in [1.165, 1.54) is 18.4 Å². The van der Waals surface area contributed by atoms with Crippen LogP contribution in [0.5, 0.6) is 5.75 Å². The summed E-state index contributed by atoms with van der Waals surface area (Å²) in [7, 11) is 0. The first-order valence-electron chi connectivity index (χ1n) is 9.64. The number of carbonyl (C=O) groups excluding carboxylic acids is 2. The Morgan fingerprint density at radius 1 is 0.938 bits per heavy atom. The Bertz CT molecular complexity index is 1170. The van der Waals surface area contributed by atoms with E-state index < -0.39 is 11.8 Å². The van der Waals surface area contributed by atoms with Crippen LogP contribution in [0.1, 0.15) is 21.5 Å². The number of aromatic hydroxyl groups is 1. The van der Waals surface area contributed by atoms with Gasteiger partial charge in [0.05, 0.1) is 6.21 Å². The van der Waals surface area contributed by atoms with Crippen LogP contribution in [0, 0.1) is 0 Å². The minimum absolute atomic E-state index is 0.0154. The number of nitrogens with zero attached hydrogens (tertiary/aromatic N) is 1. The van der Waals surface area contributed by atoms with Gasteiger partial charge in [0, 0.05) is 15.6 Å². The van der Waals surface area contributed by atoms with Crippen LogP contribution in [0.15, 0.2) is 106 Å². The maximum Gasteiger partial charge on any atom is 0.287 e. The number of benzene rings is 3. The summed E-state index contributed by atoms with van der Waals surface area (Å²) in [6, 6.07) is 23.0. The highest BCUT2D eigenvalue weighted by Gasteiger charge is 2.13. The summed E-state index contributed by atoms with van der Waals surface area (Å²) in [6.07, 6.45) is 6.29. The van der Waals surface area contributed by atoms with Crippen molar-refractivity contribution in [3.8, 4) is 5.75 Å². The second-order valence-electron chi connectivity index (χ2n) is 6.57. The molecule has 0 aliphatic carbocycles. The van der Waals surface area contributed by atoms with E-state index in [2.05, 4.69) is 31.8 Å². The molecule has 0 radical (unpaired) electrons. The molecule has 32 heavy (non-hydrogen) atoms. The number of phenolic OH excluding ortho intramolecular Hbond substituents is 1. The van der Waals surface area contributed by atoms with E-state index >= 15 is 0 Å². The van der Waals surface area contributed by atoms with Crippen molar-refractivity contribution in [2.24, 2.45) is 5.10 Å². The smallest absolute Gasteiger partial charge is 0.287 e. The fourth-order valence-corrected chi connectivity index (χ4v) is 3.01. The van der Waals surface area contributed by atoms with Gasteiger partial charge in [0.1, 0.15) is 11.4 Å². The number of nitrogens with one attached hydrogen (secondary N) is 2. The van der Waals surface area contributed by atoms with Crippen molar-refractivity contribution < 1.29 is 14.7 Å². The Morgan fingerprint density at radius 3 is 2.34 bits per heavy atom. The average molecular weight is 490 g/mol. The second-order valence-corrected chi connectivity index (χ2v) is 7.49. The molecule has 0 atom stereocenters. The molecule has 0 unspecified atom stereocenters. The van der Waals surface area contributed by atoms with E-state index in [0.29, 0.717) is 11.1 Å². The Kier molecular flexibility index (Phi) is 8.11. The molecule has 0 spiro atoms. The molecule has 3 aromatic rings. The van der Waals surface area contributed by atoms with Crippen LogP contribution in [0.4, 0.5) is 0 Å². The van der Waals surface area contributed by atoms with Gasteiger partial charge in [-0.25, -0.2) is 5.43 Å². The lowest BCUT2D eigenvalue weighted by molar-refractivity contribution is -0.117. The van der Waals surface area contributed by atoms with Crippen molar-refractivity contribution in [1.82, 2.24) is 10.7 Å². The minimum Gasteiger partial charge on any atom is -0.507 e. The SMILES string of the molecule is O=C(N/N=C/c1cc(Br)ccc1O)/C(=C/C=C/c1ccccc1)NC(=O)c1ccccc1. The summed E-state index contributed by atoms with van der Waals surface area (Å²) in [4.78, 5) is 25.2. The van der Waals surface area contributed by atoms with Gasteiger partial charge in [-0.3, -0.25) is 9.59 Å². The van der Waals surface area contributed by atoms with E-state index in [0.717, 1.165) is 10.0 Å². The quantitative estimate of drug-likeness (QED) is 0.195. The maximum atomic E-state index is 12.7. The zero-order valence-corrected chi connectivity index (χ0v) is 18.5. The summed E-state index contributed by atoms with van der Waals surface area (Å²) in [5.74, 6) is -1.02. The van der Waals surface area contributed by atoms with Crippen molar-refractivity contribution in [2.45, 2.75) is 0 Å². The topological polar surface area (TPSA) is 90.8 Å². The molecule has 0 bridgehead atoms. The van der Waals surface area contributed by atoms with Gasteiger partial charge in [0.25, 0.3) is 11.8 Å². The van der Waals surface area contributed by atoms with Crippen LogP contribution in [0.3, 0.4) is 0 Å². The first-order chi connectivity index (χ1) is 15.5. The first-order valence-corrected chi connectivity index (χ1v) is 10.4. The van der Waals surface area contributed by atoms with Gasteiger partial charge < -0.3 is 10.4 Å². The first kappa shape index (κ1) is 22.7. The molecule has 7 heteroatoms. The van der Waals surface area contributed by atoms with Crippen molar-refractivity contribution in [3.63, 3.8) is 0 Å². The number of amides is 2. The second kappa shape index (κ2) is 11.4. The number of allylic oxidation sites excluding steroid dienone is 2. The molecule has 0 saturated heterocycles. The Hall–Kier alpha value is -3.97. The molecule has 0 aromatic heterocycles. The van der Waals surface area contributed by atoms with E-state index in [4.69, 9.17) is 0 Å². The Labute approximate surface area is 194 Å². The monoisotopic (exact) mass is 489 g/mol. The lowest BCUT2D eigenvalue weighted by atomic mass is 10.2. The van der Waals surface area contributed by atoms with E-state index in [1.54, 1.807) is 48.5 Å². The fourth-order valence-electron chi connectivity index (χ4n) is 2.63. The predicted molar refractivity (Wildman–Crippen MR) is 129 cm³/mol. The van der Waals surface area contributed by atoms with Crippen LogP contribution >= 0.6 is 15.9 Å². The molecule has 0 aliphatic rings. The van der Waals surface area contributed by atoms with Crippen molar-refractivity contribution in [1.29, 1.82) is 0 Å². The third-order valence-electron chi connectivity index (χ3n) is 4.24. The maximum absolute atomic E-state index is 12.7. The van der Waals surface area contributed by atoms with Gasteiger partial charge in [0.15, 0.2) is 0 Å². The van der Waals surface area contributed by atoms with Crippen molar-refractivity contribution in [2.75, 3.05) is 0 Å². The third-order valence-corrected chi connectivity index (χ3v) is 4.73. The molecule has 3 rings (SSSR count). The van der Waals surface area contributed by atoms with Gasteiger partial charge >= 0.3 is 0 Å². The number of hydrazone groups is 1. The fraction of sp³-hybridized carbons (Fsp3) is 0. The van der Waals surface area contributed by atoms with E-state index in [9.17, 15) is 14.7 Å². The minimum atomic E-state index is -0.613. The molecule has 3 aromatic carbocycles. The van der Waals surface area contributed by atoms with Gasteiger partial charge in [-0.05, 0) is 42.0 Å². The molecule has 0 heterocycles. The van der Waals surface area contributed by atoms with Crippen LogP contribution in [0.2, 0.25) is 0 Å². The molecular weight excluding hydrogens is 470 g/mol. The normalized spacial score (nSPS) is 11.6. The summed E-state index contributed by atoms with van der Waals surface area (Å²) < 4.78 is 0.754. The largest absolute Gasteiger partial charge is 0.507 e. The highest BCUT2D eigenvalue weighted by atomic mass is 79.9. The molecular formula is C25H20BrN3O3. The standard InChI is InChI=1S/C25H20BrN3O3/c26-21-14-15-23(30)20(16-21)17-27-29-25(32)22(13-7-10-18-8-3-1-4-9-18)28-24(31)19-11-5-2-6-12-19/h1-17,30H,(H,28,31)(H,29,32)/b10-7+,22-13-,27-17+. The number of phenols is 1. The summed E-state index contributed by atoms with van der Waals surface area (Å²) in [6.45, 7) is 0. The zero-order valence-electron chi connectivity index (χ0n) is 16.9. The molecule has 3 N–H and O–H groups in total. The molecule has 160 valence electrons. The van der Waals surface area contributed by atoms with Crippen molar-refractivity contribution >= 4 is 40.0 Å². The molecule has 6 nitrogen and oxygen atoms in total. The predicted octanol–water partition coefficient (Wildman–Crippen LogP) is 4.63. The van der Waals surface area contributed by atoms with Crippen LogP contribution in [-0.4, -0.2) is 23.1 Å². The van der Waals surface area contributed by atoms with E-state index in [-0.39, 0.29) is 11.4 Å². The number of hydrogen-bond acceptors (Lipinski definition) is 4. The van der Waals surface area contributed by atoms with E-state index in [1.807, 2.05) is 36.4 Å². The lowest BCUT2D eigenvalue weighted by Gasteiger charge is -2.08. The summed E-state index contributed by atoms with van der Waals surface area (Å²) in [5, 5.41) is 16.4. The molecule has 0 aliphatic heterocycles. The number of halogens is 1. The molecule has 0 saturated carbocycles. The van der Waals surface area contributed by atoms with Gasteiger partial charge in [0.2, 0.25) is 0 Å². The zero-order chi connectivity index (χ0) is 22.8. The van der Waals surface area contributed by atoms with Crippen LogP contribution in [0.25, 0.3) is 6.08 Å². The summed E-state index contributed by atoms with van der Waals surface area (Å²) >= 11 is 3.31. The Balaban J connectivity index is 1.77. The Morgan fingerprint density at radius 2 is 1.62 bits per heavy atom. The van der Waals surface area contributed by atoms with Gasteiger partial charge in [-0.1, -0.05) is 76.6 Å². The van der Waals surface area contributed by atoms with Crippen molar-refractivity contribution in [3.05, 3.63) is 118 Å². The number of rotatable bonds is 7. The number of hydrogen-bond donors (Lipinski definition) is 3. The highest BCUT2D eigenvalue weighted by Crippen LogP contribution is 2.19.